The SMILES string of the molecule is Cc1cc(OC(F)F)ccc1-c1nn2c(C)cc(C(C)C)c2c(=O)n1CC1CC1. The van der Waals surface area contributed by atoms with Crippen LogP contribution in [0.4, 0.5) is 8.78 Å². The standard InChI is InChI=1S/C22H25F2N3O2/c1-12(2)18-10-14(4)27-19(18)21(28)26(11-15-5-6-15)20(25-27)17-8-7-16(9-13(17)3)29-22(23)24/h7-10,12,15,22H,5-6,11H2,1-4H3. The van der Waals surface area contributed by atoms with Crippen molar-refractivity contribution in [3.8, 4) is 17.1 Å². The number of ether oxygens (including phenoxy) is 1. The van der Waals surface area contributed by atoms with E-state index in [1.54, 1.807) is 21.2 Å². The summed E-state index contributed by atoms with van der Waals surface area (Å²) in [5.74, 6) is 1.35. The Balaban J connectivity index is 1.94. The second kappa shape index (κ2) is 7.28. The molecule has 4 rings (SSSR count). The van der Waals surface area contributed by atoms with E-state index in [-0.39, 0.29) is 17.2 Å². The summed E-state index contributed by atoms with van der Waals surface area (Å²) in [5, 5.41) is 4.83. The summed E-state index contributed by atoms with van der Waals surface area (Å²) >= 11 is 0. The van der Waals surface area contributed by atoms with Gasteiger partial charge >= 0.3 is 6.61 Å². The number of hydrogen-bond acceptors (Lipinski definition) is 3. The lowest BCUT2D eigenvalue weighted by molar-refractivity contribution is -0.0498. The van der Waals surface area contributed by atoms with E-state index in [1.165, 1.54) is 6.07 Å². The van der Waals surface area contributed by atoms with Crippen LogP contribution < -0.4 is 10.3 Å². The molecule has 1 aromatic carbocycles. The van der Waals surface area contributed by atoms with Gasteiger partial charge in [0.15, 0.2) is 5.82 Å². The first kappa shape index (κ1) is 19.6. The number of rotatable bonds is 6. The van der Waals surface area contributed by atoms with Gasteiger partial charge in [0.1, 0.15) is 11.3 Å². The zero-order chi connectivity index (χ0) is 20.9. The highest BCUT2D eigenvalue weighted by Crippen LogP contribution is 2.33. The van der Waals surface area contributed by atoms with Gasteiger partial charge in [-0.25, -0.2) is 4.52 Å². The Kier molecular flexibility index (Phi) is 4.92. The highest BCUT2D eigenvalue weighted by Gasteiger charge is 2.27. The van der Waals surface area contributed by atoms with Gasteiger partial charge in [-0.3, -0.25) is 9.36 Å². The van der Waals surface area contributed by atoms with Gasteiger partial charge in [-0.2, -0.15) is 8.78 Å². The quantitative estimate of drug-likeness (QED) is 0.589. The van der Waals surface area contributed by atoms with E-state index in [9.17, 15) is 13.6 Å². The van der Waals surface area contributed by atoms with E-state index >= 15 is 0 Å². The van der Waals surface area contributed by atoms with Gasteiger partial charge in [0, 0.05) is 17.8 Å². The molecule has 29 heavy (non-hydrogen) atoms. The molecule has 0 atom stereocenters. The molecule has 2 heterocycles. The summed E-state index contributed by atoms with van der Waals surface area (Å²) in [6.45, 7) is 5.63. The monoisotopic (exact) mass is 401 g/mol. The third-order valence-corrected chi connectivity index (χ3v) is 5.51. The van der Waals surface area contributed by atoms with Crippen LogP contribution >= 0.6 is 0 Å². The largest absolute Gasteiger partial charge is 0.435 e. The van der Waals surface area contributed by atoms with Gasteiger partial charge in [-0.1, -0.05) is 13.8 Å². The topological polar surface area (TPSA) is 48.5 Å². The first-order chi connectivity index (χ1) is 13.8. The van der Waals surface area contributed by atoms with Crippen LogP contribution in [0.1, 0.15) is 49.4 Å². The zero-order valence-corrected chi connectivity index (χ0v) is 17.1. The van der Waals surface area contributed by atoms with Crippen molar-refractivity contribution < 1.29 is 13.5 Å². The molecule has 0 N–H and O–H groups in total. The number of halogens is 2. The number of fused-ring (bicyclic) bond motifs is 1. The molecule has 7 heteroatoms. The van der Waals surface area contributed by atoms with Gasteiger partial charge in [0.05, 0.1) is 0 Å². The number of aromatic nitrogens is 3. The molecule has 0 saturated heterocycles. The smallest absolute Gasteiger partial charge is 0.387 e. The fourth-order valence-electron chi connectivity index (χ4n) is 3.80. The highest BCUT2D eigenvalue weighted by atomic mass is 19.3. The van der Waals surface area contributed by atoms with Crippen LogP contribution in [0.5, 0.6) is 5.75 Å². The average molecular weight is 401 g/mol. The lowest BCUT2D eigenvalue weighted by Gasteiger charge is -2.16. The normalized spacial score (nSPS) is 14.3. The summed E-state index contributed by atoms with van der Waals surface area (Å²) in [5.41, 5.74) is 3.94. The van der Waals surface area contributed by atoms with Gasteiger partial charge in [-0.05, 0) is 73.9 Å². The number of aryl methyl sites for hydroxylation is 2. The van der Waals surface area contributed by atoms with Gasteiger partial charge in [0.25, 0.3) is 5.56 Å². The van der Waals surface area contributed by atoms with Gasteiger partial charge in [0.2, 0.25) is 0 Å². The predicted molar refractivity (Wildman–Crippen MR) is 108 cm³/mol. The lowest BCUT2D eigenvalue weighted by Crippen LogP contribution is -2.27. The van der Waals surface area contributed by atoms with Gasteiger partial charge in [-0.15, -0.1) is 5.10 Å². The maximum atomic E-state index is 13.5. The Morgan fingerprint density at radius 3 is 2.52 bits per heavy atom. The molecule has 1 aliphatic rings. The number of benzene rings is 1. The van der Waals surface area contributed by atoms with E-state index in [0.717, 1.165) is 35.2 Å². The van der Waals surface area contributed by atoms with E-state index in [1.807, 2.05) is 19.9 Å². The fraction of sp³-hybridized carbons (Fsp3) is 0.455. The second-order valence-electron chi connectivity index (χ2n) is 8.19. The molecule has 0 unspecified atom stereocenters. The van der Waals surface area contributed by atoms with Gasteiger partial charge < -0.3 is 4.74 Å². The van der Waals surface area contributed by atoms with Crippen molar-refractivity contribution in [1.82, 2.24) is 14.2 Å². The summed E-state index contributed by atoms with van der Waals surface area (Å²) in [6, 6.07) is 6.77. The lowest BCUT2D eigenvalue weighted by atomic mass is 10.0. The van der Waals surface area contributed by atoms with Crippen LogP contribution in [0.2, 0.25) is 0 Å². The maximum Gasteiger partial charge on any atom is 0.387 e. The Labute approximate surface area is 167 Å². The van der Waals surface area contributed by atoms with Crippen LogP contribution in [0.3, 0.4) is 0 Å². The molecular weight excluding hydrogens is 376 g/mol. The first-order valence-corrected chi connectivity index (χ1v) is 9.95. The Morgan fingerprint density at radius 2 is 1.93 bits per heavy atom. The average Bonchev–Trinajstić information content (AvgIpc) is 3.39. The van der Waals surface area contributed by atoms with Crippen LogP contribution in [-0.2, 0) is 6.54 Å². The fourth-order valence-corrected chi connectivity index (χ4v) is 3.80. The molecule has 2 aromatic heterocycles. The van der Waals surface area contributed by atoms with Crippen molar-refractivity contribution in [3.63, 3.8) is 0 Å². The van der Waals surface area contributed by atoms with Crippen LogP contribution in [0, 0.1) is 19.8 Å². The van der Waals surface area contributed by atoms with Crippen LogP contribution in [0.15, 0.2) is 29.1 Å². The maximum absolute atomic E-state index is 13.5. The predicted octanol–water partition coefficient (Wildman–Crippen LogP) is 4.91. The minimum atomic E-state index is -2.88. The van der Waals surface area contributed by atoms with E-state index in [0.29, 0.717) is 23.8 Å². The molecule has 0 radical (unpaired) electrons. The molecule has 5 nitrogen and oxygen atoms in total. The molecule has 154 valence electrons. The van der Waals surface area contributed by atoms with Crippen molar-refractivity contribution in [2.45, 2.75) is 59.6 Å². The Hall–Kier alpha value is -2.70. The minimum absolute atomic E-state index is 0.0500. The molecule has 0 amide bonds. The number of nitrogens with zero attached hydrogens (tertiary/aromatic N) is 3. The molecule has 1 saturated carbocycles. The van der Waals surface area contributed by atoms with Crippen LogP contribution in [-0.4, -0.2) is 20.8 Å². The van der Waals surface area contributed by atoms with Crippen molar-refractivity contribution >= 4 is 5.52 Å². The second-order valence-corrected chi connectivity index (χ2v) is 8.19. The zero-order valence-electron chi connectivity index (χ0n) is 17.1. The van der Waals surface area contributed by atoms with Crippen molar-refractivity contribution in [3.05, 3.63) is 51.4 Å². The van der Waals surface area contributed by atoms with E-state index in [2.05, 4.69) is 18.6 Å². The summed E-state index contributed by atoms with van der Waals surface area (Å²) in [4.78, 5) is 13.5. The highest BCUT2D eigenvalue weighted by molar-refractivity contribution is 5.65. The summed E-state index contributed by atoms with van der Waals surface area (Å²) < 4.78 is 33.1. The molecule has 0 bridgehead atoms. The van der Waals surface area contributed by atoms with Crippen molar-refractivity contribution in [2.24, 2.45) is 5.92 Å². The third kappa shape index (κ3) is 3.66. The van der Waals surface area contributed by atoms with E-state index in [4.69, 9.17) is 5.10 Å². The molecule has 3 aromatic rings. The van der Waals surface area contributed by atoms with E-state index < -0.39 is 6.61 Å². The summed E-state index contributed by atoms with van der Waals surface area (Å²) in [7, 11) is 0. The number of alkyl halides is 2. The minimum Gasteiger partial charge on any atom is -0.435 e. The Bertz CT molecular complexity index is 1130. The molecule has 0 aliphatic heterocycles. The summed E-state index contributed by atoms with van der Waals surface area (Å²) in [6.07, 6.45) is 2.21. The third-order valence-electron chi connectivity index (χ3n) is 5.51. The van der Waals surface area contributed by atoms with Crippen molar-refractivity contribution in [2.75, 3.05) is 0 Å². The molecule has 1 fully saturated rings. The molecule has 0 spiro atoms. The Morgan fingerprint density at radius 1 is 1.21 bits per heavy atom. The molecule has 1 aliphatic carbocycles. The van der Waals surface area contributed by atoms with Crippen molar-refractivity contribution in [1.29, 1.82) is 0 Å². The number of hydrogen-bond donors (Lipinski definition) is 0. The molecular formula is C22H25F2N3O2. The first-order valence-electron chi connectivity index (χ1n) is 9.95. The van der Waals surface area contributed by atoms with Crippen LogP contribution in [0.25, 0.3) is 16.9 Å².